The molecule has 0 fully saturated rings. The molecule has 2 unspecified atom stereocenters. The molecule has 0 aliphatic rings. The minimum absolute atomic E-state index is 0.0939. The number of benzene rings is 2. The largest absolute Gasteiger partial charge is 0.354 e. The molecule has 2 aromatic carbocycles. The van der Waals surface area contributed by atoms with Gasteiger partial charge in [0.1, 0.15) is 6.04 Å². The van der Waals surface area contributed by atoms with Crippen molar-refractivity contribution in [1.82, 2.24) is 15.4 Å². The van der Waals surface area contributed by atoms with E-state index in [1.807, 2.05) is 30.3 Å². The second-order valence-corrected chi connectivity index (χ2v) is 12.8. The van der Waals surface area contributed by atoms with Crippen LogP contribution < -0.4 is 15.4 Å². The molecule has 1 heterocycles. The molecule has 0 spiro atoms. The lowest BCUT2D eigenvalue weighted by Gasteiger charge is -2.22. The number of hydrogen-bond donors (Lipinski definition) is 3. The third kappa shape index (κ3) is 9.92. The predicted molar refractivity (Wildman–Crippen MR) is 163 cm³/mol. The van der Waals surface area contributed by atoms with Crippen molar-refractivity contribution in [2.75, 3.05) is 13.1 Å². The lowest BCUT2D eigenvalue weighted by molar-refractivity contribution is -0.129. The van der Waals surface area contributed by atoms with Gasteiger partial charge in [-0.2, -0.15) is 0 Å². The van der Waals surface area contributed by atoms with E-state index in [1.165, 1.54) is 4.70 Å². The van der Waals surface area contributed by atoms with Crippen LogP contribution in [0, 0.1) is 18.8 Å². The van der Waals surface area contributed by atoms with Crippen molar-refractivity contribution in [2.24, 2.45) is 11.8 Å². The van der Waals surface area contributed by atoms with Gasteiger partial charge in [-0.1, -0.05) is 57.0 Å². The zero-order valence-corrected chi connectivity index (χ0v) is 25.2. The fourth-order valence-corrected chi connectivity index (χ4v) is 6.50. The number of amides is 2. The van der Waals surface area contributed by atoms with Crippen molar-refractivity contribution in [3.63, 3.8) is 0 Å². The van der Waals surface area contributed by atoms with Crippen LogP contribution in [0.3, 0.4) is 0 Å². The van der Waals surface area contributed by atoms with E-state index in [1.54, 1.807) is 23.3 Å². The summed E-state index contributed by atoms with van der Waals surface area (Å²) < 4.78 is 4.62. The van der Waals surface area contributed by atoms with Crippen LogP contribution in [0.25, 0.3) is 10.1 Å². The lowest BCUT2D eigenvalue weighted by atomic mass is 9.99. The van der Waals surface area contributed by atoms with Crippen LogP contribution in [0.1, 0.15) is 56.9 Å². The second kappa shape index (κ2) is 15.5. The SMILES string of the molecule is CCCC(CCNSc1ccc(Cl)cc1C)CNC(=O)C(CC(C)C)NC(=O)Cc1cc2ccccc2s1. The highest BCUT2D eigenvalue weighted by atomic mass is 35.5. The van der Waals surface area contributed by atoms with E-state index in [2.05, 4.69) is 61.2 Å². The molecule has 0 aliphatic heterocycles. The molecule has 1 aromatic heterocycles. The van der Waals surface area contributed by atoms with Gasteiger partial charge >= 0.3 is 0 Å². The zero-order valence-electron chi connectivity index (χ0n) is 22.8. The molecule has 0 bridgehead atoms. The number of rotatable bonds is 15. The third-order valence-corrected chi connectivity index (χ3v) is 8.78. The quantitative estimate of drug-likeness (QED) is 0.133. The molecule has 206 valence electrons. The Balaban J connectivity index is 1.48. The van der Waals surface area contributed by atoms with Gasteiger partial charge in [-0.3, -0.25) is 14.3 Å². The average Bonchev–Trinajstić information content (AvgIpc) is 3.27. The van der Waals surface area contributed by atoms with Gasteiger partial charge in [-0.25, -0.2) is 0 Å². The summed E-state index contributed by atoms with van der Waals surface area (Å²) in [5.74, 6) is 0.460. The molecule has 8 heteroatoms. The topological polar surface area (TPSA) is 70.2 Å². The van der Waals surface area contributed by atoms with Gasteiger partial charge in [0.2, 0.25) is 11.8 Å². The number of aryl methyl sites for hydroxylation is 1. The highest BCUT2D eigenvalue weighted by Gasteiger charge is 2.23. The number of halogens is 1. The van der Waals surface area contributed by atoms with Crippen LogP contribution in [0.4, 0.5) is 0 Å². The molecule has 3 N–H and O–H groups in total. The van der Waals surface area contributed by atoms with E-state index in [-0.39, 0.29) is 18.2 Å². The van der Waals surface area contributed by atoms with Crippen molar-refractivity contribution in [3.8, 4) is 0 Å². The number of nitrogens with one attached hydrogen (secondary N) is 3. The number of carbonyl (C=O) groups excluding carboxylic acids is 2. The molecule has 0 saturated heterocycles. The van der Waals surface area contributed by atoms with E-state index in [9.17, 15) is 9.59 Å². The number of fused-ring (bicyclic) bond motifs is 1. The Kier molecular flexibility index (Phi) is 12.4. The van der Waals surface area contributed by atoms with E-state index >= 15 is 0 Å². The molecule has 5 nitrogen and oxygen atoms in total. The first-order chi connectivity index (χ1) is 18.2. The molecule has 2 amide bonds. The monoisotopic (exact) mass is 573 g/mol. The Morgan fingerprint density at radius 3 is 2.58 bits per heavy atom. The van der Waals surface area contributed by atoms with E-state index in [0.717, 1.165) is 51.6 Å². The van der Waals surface area contributed by atoms with Crippen molar-refractivity contribution in [2.45, 2.75) is 70.7 Å². The highest BCUT2D eigenvalue weighted by molar-refractivity contribution is 7.97. The van der Waals surface area contributed by atoms with Crippen molar-refractivity contribution in [3.05, 3.63) is 64.0 Å². The summed E-state index contributed by atoms with van der Waals surface area (Å²) in [5, 5.41) is 8.04. The van der Waals surface area contributed by atoms with Crippen molar-refractivity contribution in [1.29, 1.82) is 0 Å². The molecule has 0 saturated carbocycles. The minimum Gasteiger partial charge on any atom is -0.354 e. The van der Waals surface area contributed by atoms with E-state index < -0.39 is 6.04 Å². The average molecular weight is 574 g/mol. The van der Waals surface area contributed by atoms with Gasteiger partial charge < -0.3 is 10.6 Å². The Morgan fingerprint density at radius 2 is 1.87 bits per heavy atom. The van der Waals surface area contributed by atoms with Crippen LogP contribution in [0.5, 0.6) is 0 Å². The number of hydrogen-bond acceptors (Lipinski definition) is 5. The van der Waals surface area contributed by atoms with Crippen molar-refractivity contribution >= 4 is 56.8 Å². The van der Waals surface area contributed by atoms with E-state index in [4.69, 9.17) is 11.6 Å². The van der Waals surface area contributed by atoms with Gasteiger partial charge in [0.05, 0.1) is 6.42 Å². The van der Waals surface area contributed by atoms with Gasteiger partial charge in [-0.05, 0) is 91.3 Å². The smallest absolute Gasteiger partial charge is 0.242 e. The van der Waals surface area contributed by atoms with Crippen LogP contribution in [0.2, 0.25) is 5.02 Å². The summed E-state index contributed by atoms with van der Waals surface area (Å²) in [4.78, 5) is 28.2. The zero-order chi connectivity index (χ0) is 27.5. The third-order valence-electron chi connectivity index (χ3n) is 6.41. The lowest BCUT2D eigenvalue weighted by Crippen LogP contribution is -2.48. The molecule has 0 radical (unpaired) electrons. The number of thiophene rings is 1. The summed E-state index contributed by atoms with van der Waals surface area (Å²) >= 11 is 9.30. The molecule has 2 atom stereocenters. The summed E-state index contributed by atoms with van der Waals surface area (Å²) in [6.45, 7) is 9.83. The van der Waals surface area contributed by atoms with Gasteiger partial charge in [-0.15, -0.1) is 11.3 Å². The van der Waals surface area contributed by atoms with Crippen LogP contribution in [-0.2, 0) is 16.0 Å². The fourth-order valence-electron chi connectivity index (χ4n) is 4.47. The number of carbonyl (C=O) groups is 2. The summed E-state index contributed by atoms with van der Waals surface area (Å²) in [6, 6.07) is 15.6. The first kappa shape index (κ1) is 30.5. The summed E-state index contributed by atoms with van der Waals surface area (Å²) in [6.07, 6.45) is 3.96. The molecular formula is C30H40ClN3O2S2. The Bertz CT molecular complexity index is 1160. The van der Waals surface area contributed by atoms with Crippen LogP contribution in [0.15, 0.2) is 53.4 Å². The van der Waals surface area contributed by atoms with Crippen LogP contribution in [-0.4, -0.2) is 30.9 Å². The molecular weight excluding hydrogens is 534 g/mol. The Hall–Kier alpha value is -2.06. The van der Waals surface area contributed by atoms with Gasteiger partial charge in [0.25, 0.3) is 0 Å². The first-order valence-corrected chi connectivity index (χ1v) is 15.5. The summed E-state index contributed by atoms with van der Waals surface area (Å²) in [7, 11) is 0. The Morgan fingerprint density at radius 1 is 1.08 bits per heavy atom. The Labute approximate surface area is 240 Å². The molecule has 3 aromatic rings. The summed E-state index contributed by atoms with van der Waals surface area (Å²) in [5.41, 5.74) is 1.15. The second-order valence-electron chi connectivity index (χ2n) is 10.3. The standard InChI is InChI=1S/C30H40ClN3O2S2/c1-5-8-22(13-14-33-38-27-12-11-24(31)16-21(27)4)19-32-30(36)26(15-20(2)3)34-29(35)18-25-17-23-9-6-7-10-28(23)37-25/h6-7,9-12,16-17,20,22,26,33H,5,8,13-15,18-19H2,1-4H3,(H,32,36)(H,34,35). The van der Waals surface area contributed by atoms with Crippen LogP contribution >= 0.6 is 34.9 Å². The maximum atomic E-state index is 13.1. The highest BCUT2D eigenvalue weighted by Crippen LogP contribution is 2.26. The normalized spacial score (nSPS) is 13.0. The van der Waals surface area contributed by atoms with E-state index in [0.29, 0.717) is 24.8 Å². The van der Waals surface area contributed by atoms with Crippen molar-refractivity contribution < 1.29 is 9.59 Å². The van der Waals surface area contributed by atoms with Gasteiger partial charge in [0.15, 0.2) is 0 Å². The molecule has 38 heavy (non-hydrogen) atoms. The fraction of sp³-hybridized carbons (Fsp3) is 0.467. The predicted octanol–water partition coefficient (Wildman–Crippen LogP) is 7.16. The minimum atomic E-state index is -0.527. The maximum Gasteiger partial charge on any atom is 0.242 e. The maximum absolute atomic E-state index is 13.1. The molecule has 0 aliphatic carbocycles. The van der Waals surface area contributed by atoms with Gasteiger partial charge in [0, 0.05) is 32.6 Å². The molecule has 3 rings (SSSR count). The first-order valence-electron chi connectivity index (χ1n) is 13.5.